The molecule has 1 N–H and O–H groups in total. The summed E-state index contributed by atoms with van der Waals surface area (Å²) in [5.41, 5.74) is 1.10. The predicted molar refractivity (Wildman–Crippen MR) is 76.5 cm³/mol. The zero-order valence-corrected chi connectivity index (χ0v) is 11.8. The second kappa shape index (κ2) is 4.66. The van der Waals surface area contributed by atoms with Gasteiger partial charge in [-0.1, -0.05) is 29.8 Å². The highest BCUT2D eigenvalue weighted by Crippen LogP contribution is 2.43. The Kier molecular flexibility index (Phi) is 3.18. The molecule has 0 aromatic heterocycles. The highest BCUT2D eigenvalue weighted by molar-refractivity contribution is 9.10. The molecule has 0 heterocycles. The lowest BCUT2D eigenvalue weighted by molar-refractivity contribution is 0.472. The zero-order valence-electron chi connectivity index (χ0n) is 9.50. The van der Waals surface area contributed by atoms with Gasteiger partial charge < -0.3 is 5.32 Å². The first-order valence-electron chi connectivity index (χ1n) is 6.10. The maximum Gasteiger partial charge on any atom is 0.0593 e. The van der Waals surface area contributed by atoms with Gasteiger partial charge in [0.25, 0.3) is 0 Å². The molecule has 0 amide bonds. The van der Waals surface area contributed by atoms with Crippen molar-refractivity contribution >= 4 is 33.2 Å². The monoisotopic (exact) mass is 311 g/mol. The number of nitrogens with one attached hydrogen (secondary N) is 1. The van der Waals surface area contributed by atoms with Gasteiger partial charge in [-0.25, -0.2) is 0 Å². The van der Waals surface area contributed by atoms with Crippen LogP contribution in [0, 0.1) is 17.8 Å². The van der Waals surface area contributed by atoms with Gasteiger partial charge in [0.1, 0.15) is 0 Å². The molecule has 3 rings (SSSR count). The van der Waals surface area contributed by atoms with Gasteiger partial charge in [0.05, 0.1) is 9.50 Å². The maximum atomic E-state index is 6.07. The summed E-state index contributed by atoms with van der Waals surface area (Å²) in [5, 5.41) is 4.28. The molecule has 2 bridgehead atoms. The van der Waals surface area contributed by atoms with E-state index in [1.54, 1.807) is 0 Å². The fourth-order valence-corrected chi connectivity index (χ4v) is 3.59. The highest BCUT2D eigenvalue weighted by Gasteiger charge is 2.35. The van der Waals surface area contributed by atoms with Crippen molar-refractivity contribution in [1.29, 1.82) is 0 Å². The SMILES string of the molecule is Clc1cccc(NCC2CC3C=CC2C3)c1Br. The van der Waals surface area contributed by atoms with Gasteiger partial charge in [-0.15, -0.1) is 0 Å². The Labute approximate surface area is 115 Å². The molecule has 3 atom stereocenters. The Hall–Kier alpha value is -0.470. The highest BCUT2D eigenvalue weighted by atomic mass is 79.9. The largest absolute Gasteiger partial charge is 0.384 e. The minimum atomic E-state index is 0.767. The molecule has 1 aromatic carbocycles. The quantitative estimate of drug-likeness (QED) is 0.796. The van der Waals surface area contributed by atoms with Gasteiger partial charge in [-0.2, -0.15) is 0 Å². The van der Waals surface area contributed by atoms with E-state index in [0.717, 1.165) is 39.5 Å². The molecule has 90 valence electrons. The van der Waals surface area contributed by atoms with Gasteiger partial charge in [0.2, 0.25) is 0 Å². The zero-order chi connectivity index (χ0) is 11.8. The Morgan fingerprint density at radius 2 is 2.18 bits per heavy atom. The third-order valence-corrected chi connectivity index (χ3v) is 5.32. The van der Waals surface area contributed by atoms with Crippen LogP contribution in [0.5, 0.6) is 0 Å². The van der Waals surface area contributed by atoms with Gasteiger partial charge in [0.15, 0.2) is 0 Å². The third kappa shape index (κ3) is 2.25. The van der Waals surface area contributed by atoms with Gasteiger partial charge in [0, 0.05) is 12.2 Å². The lowest BCUT2D eigenvalue weighted by atomic mass is 9.93. The van der Waals surface area contributed by atoms with E-state index in [9.17, 15) is 0 Å². The summed E-state index contributed by atoms with van der Waals surface area (Å²) in [6.07, 6.45) is 7.49. The number of fused-ring (bicyclic) bond motifs is 2. The second-order valence-corrected chi connectivity index (χ2v) is 6.22. The Balaban J connectivity index is 1.65. The van der Waals surface area contributed by atoms with Crippen molar-refractivity contribution in [2.75, 3.05) is 11.9 Å². The molecule has 0 aliphatic heterocycles. The van der Waals surface area contributed by atoms with Crippen molar-refractivity contribution < 1.29 is 0 Å². The Morgan fingerprint density at radius 3 is 2.88 bits per heavy atom. The van der Waals surface area contributed by atoms with Crippen LogP contribution in [0.25, 0.3) is 0 Å². The Morgan fingerprint density at radius 1 is 1.29 bits per heavy atom. The molecule has 1 saturated carbocycles. The number of hydrogen-bond acceptors (Lipinski definition) is 1. The van der Waals surface area contributed by atoms with Crippen molar-refractivity contribution in [2.24, 2.45) is 17.8 Å². The standard InChI is InChI=1S/C14H15BrClN/c15-14-12(16)2-1-3-13(14)17-8-11-7-9-4-5-10(11)6-9/h1-5,9-11,17H,6-8H2. The second-order valence-electron chi connectivity index (χ2n) is 5.02. The van der Waals surface area contributed by atoms with Crippen LogP contribution in [0.3, 0.4) is 0 Å². The molecule has 0 radical (unpaired) electrons. The van der Waals surface area contributed by atoms with E-state index < -0.39 is 0 Å². The van der Waals surface area contributed by atoms with Crippen molar-refractivity contribution in [3.8, 4) is 0 Å². The summed E-state index contributed by atoms with van der Waals surface area (Å²) in [6.45, 7) is 1.05. The first-order valence-corrected chi connectivity index (χ1v) is 7.27. The van der Waals surface area contributed by atoms with E-state index in [-0.39, 0.29) is 0 Å². The van der Waals surface area contributed by atoms with Crippen LogP contribution in [0.1, 0.15) is 12.8 Å². The number of rotatable bonds is 3. The van der Waals surface area contributed by atoms with Crippen LogP contribution in [0.15, 0.2) is 34.8 Å². The van der Waals surface area contributed by atoms with Crippen LogP contribution in [-0.4, -0.2) is 6.54 Å². The van der Waals surface area contributed by atoms with Crippen molar-refractivity contribution in [1.82, 2.24) is 0 Å². The van der Waals surface area contributed by atoms with Crippen molar-refractivity contribution in [2.45, 2.75) is 12.8 Å². The average Bonchev–Trinajstić information content (AvgIpc) is 2.93. The first kappa shape index (κ1) is 11.6. The van der Waals surface area contributed by atoms with Crippen molar-refractivity contribution in [3.63, 3.8) is 0 Å². The number of halogens is 2. The van der Waals surface area contributed by atoms with E-state index in [0.29, 0.717) is 0 Å². The lowest BCUT2D eigenvalue weighted by Crippen LogP contribution is -2.18. The number of allylic oxidation sites excluding steroid dienone is 2. The summed E-state index contributed by atoms with van der Waals surface area (Å²) < 4.78 is 0.973. The maximum absolute atomic E-state index is 6.07. The fraction of sp³-hybridized carbons (Fsp3) is 0.429. The molecule has 2 aliphatic rings. The molecule has 1 fully saturated rings. The van der Waals surface area contributed by atoms with Crippen LogP contribution in [-0.2, 0) is 0 Å². The smallest absolute Gasteiger partial charge is 0.0593 e. The molecular formula is C14H15BrClN. The molecule has 1 nitrogen and oxygen atoms in total. The summed E-state index contributed by atoms with van der Waals surface area (Å²) >= 11 is 9.60. The summed E-state index contributed by atoms with van der Waals surface area (Å²) in [7, 11) is 0. The molecule has 2 aliphatic carbocycles. The number of anilines is 1. The normalized spacial score (nSPS) is 29.9. The third-order valence-electron chi connectivity index (χ3n) is 3.92. The van der Waals surface area contributed by atoms with Gasteiger partial charge in [-0.05, 0) is 58.7 Å². The van der Waals surface area contributed by atoms with E-state index in [2.05, 4.69) is 39.5 Å². The molecule has 0 spiro atoms. The Bertz CT molecular complexity index is 458. The van der Waals surface area contributed by atoms with Crippen molar-refractivity contribution in [3.05, 3.63) is 39.8 Å². The van der Waals surface area contributed by atoms with Crippen LogP contribution < -0.4 is 5.32 Å². The summed E-state index contributed by atoms with van der Waals surface area (Å²) in [4.78, 5) is 0. The average molecular weight is 313 g/mol. The number of hydrogen-bond donors (Lipinski definition) is 1. The lowest BCUT2D eigenvalue weighted by Gasteiger charge is -2.19. The molecular weight excluding hydrogens is 298 g/mol. The first-order chi connectivity index (χ1) is 8.24. The molecule has 3 unspecified atom stereocenters. The van der Waals surface area contributed by atoms with Crippen LogP contribution >= 0.6 is 27.5 Å². The van der Waals surface area contributed by atoms with E-state index >= 15 is 0 Å². The van der Waals surface area contributed by atoms with E-state index in [4.69, 9.17) is 11.6 Å². The molecule has 17 heavy (non-hydrogen) atoms. The molecule has 3 heteroatoms. The fourth-order valence-electron chi connectivity index (χ4n) is 3.01. The van der Waals surface area contributed by atoms with Crippen LogP contribution in [0.2, 0.25) is 5.02 Å². The topological polar surface area (TPSA) is 12.0 Å². The summed E-state index contributed by atoms with van der Waals surface area (Å²) in [6, 6.07) is 5.95. The van der Waals surface area contributed by atoms with E-state index in [1.165, 1.54) is 12.8 Å². The molecule has 0 saturated heterocycles. The molecule has 1 aromatic rings. The minimum Gasteiger partial charge on any atom is -0.384 e. The van der Waals surface area contributed by atoms with Gasteiger partial charge in [-0.3, -0.25) is 0 Å². The van der Waals surface area contributed by atoms with Gasteiger partial charge >= 0.3 is 0 Å². The predicted octanol–water partition coefficient (Wildman–Crippen LogP) is 4.73. The number of benzene rings is 1. The minimum absolute atomic E-state index is 0.767. The van der Waals surface area contributed by atoms with E-state index in [1.807, 2.05) is 12.1 Å². The summed E-state index contributed by atoms with van der Waals surface area (Å²) in [5.74, 6) is 2.43. The van der Waals surface area contributed by atoms with Crippen LogP contribution in [0.4, 0.5) is 5.69 Å².